The first kappa shape index (κ1) is 17.9. The number of hydrogen-bond donors (Lipinski definition) is 1. The van der Waals surface area contributed by atoms with Crippen LogP contribution in [-0.2, 0) is 14.3 Å². The lowest BCUT2D eigenvalue weighted by atomic mass is 10.1. The molecule has 136 valence electrons. The molecule has 0 atom stereocenters. The van der Waals surface area contributed by atoms with Crippen molar-refractivity contribution in [2.45, 2.75) is 0 Å². The van der Waals surface area contributed by atoms with Crippen LogP contribution in [0.3, 0.4) is 0 Å². The topological polar surface area (TPSA) is 112 Å². The second-order valence-electron chi connectivity index (χ2n) is 5.45. The van der Waals surface area contributed by atoms with Gasteiger partial charge in [-0.2, -0.15) is 0 Å². The maximum absolute atomic E-state index is 12.0. The Hall–Kier alpha value is -3.94. The monoisotopic (exact) mass is 366 g/mol. The second-order valence-corrected chi connectivity index (χ2v) is 5.45. The largest absolute Gasteiger partial charge is 0.452 e. The number of nitrogens with zero attached hydrogens (tertiary/aromatic N) is 1. The van der Waals surface area contributed by atoms with Crippen molar-refractivity contribution < 1.29 is 23.7 Å². The van der Waals surface area contributed by atoms with E-state index in [1.54, 1.807) is 6.07 Å². The Balaban J connectivity index is 1.54. The minimum absolute atomic E-state index is 0.124. The van der Waals surface area contributed by atoms with Crippen LogP contribution in [0.15, 0.2) is 65.1 Å². The summed E-state index contributed by atoms with van der Waals surface area (Å²) in [7, 11) is 0. The van der Waals surface area contributed by atoms with Crippen molar-refractivity contribution >= 4 is 40.3 Å². The summed E-state index contributed by atoms with van der Waals surface area (Å²) in [5.41, 5.74) is 0.618. The van der Waals surface area contributed by atoms with Crippen LogP contribution in [-0.4, -0.2) is 23.4 Å². The molecule has 0 saturated carbocycles. The summed E-state index contributed by atoms with van der Waals surface area (Å²) < 4.78 is 9.72. The molecule has 0 bridgehead atoms. The lowest BCUT2D eigenvalue weighted by Gasteiger charge is -2.08. The van der Waals surface area contributed by atoms with Crippen LogP contribution in [0.25, 0.3) is 16.8 Å². The van der Waals surface area contributed by atoms with E-state index in [1.807, 2.05) is 36.4 Å². The first-order valence-electron chi connectivity index (χ1n) is 7.89. The number of nitrogens with one attached hydrogen (secondary N) is 1. The van der Waals surface area contributed by atoms with Gasteiger partial charge >= 0.3 is 11.9 Å². The number of carbonyl (C=O) groups is 2. The summed E-state index contributed by atoms with van der Waals surface area (Å²) in [6, 6.07) is 15.6. The van der Waals surface area contributed by atoms with Crippen LogP contribution >= 0.6 is 0 Å². The Morgan fingerprint density at radius 2 is 1.89 bits per heavy atom. The van der Waals surface area contributed by atoms with Crippen molar-refractivity contribution in [3.8, 4) is 0 Å². The minimum atomic E-state index is -0.776. The van der Waals surface area contributed by atoms with Crippen LogP contribution in [0.2, 0.25) is 0 Å². The van der Waals surface area contributed by atoms with Crippen LogP contribution in [0, 0.1) is 10.1 Å². The molecular formula is C19H14N2O6. The average Bonchev–Trinajstić information content (AvgIpc) is 3.14. The highest BCUT2D eigenvalue weighted by Gasteiger charge is 2.11. The highest BCUT2D eigenvalue weighted by molar-refractivity contribution is 6.03. The van der Waals surface area contributed by atoms with Crippen molar-refractivity contribution in [2.24, 2.45) is 0 Å². The highest BCUT2D eigenvalue weighted by atomic mass is 16.6. The zero-order valence-corrected chi connectivity index (χ0v) is 14.0. The molecule has 3 aromatic rings. The maximum Gasteiger partial charge on any atom is 0.433 e. The zero-order valence-electron chi connectivity index (χ0n) is 14.0. The number of anilines is 1. The molecule has 0 fully saturated rings. The van der Waals surface area contributed by atoms with E-state index in [1.165, 1.54) is 18.2 Å². The molecule has 27 heavy (non-hydrogen) atoms. The molecule has 0 spiro atoms. The molecule has 8 heteroatoms. The fourth-order valence-corrected chi connectivity index (χ4v) is 2.39. The quantitative estimate of drug-likeness (QED) is 0.309. The van der Waals surface area contributed by atoms with Gasteiger partial charge in [-0.3, -0.25) is 14.9 Å². The molecule has 1 amide bonds. The predicted molar refractivity (Wildman–Crippen MR) is 97.9 cm³/mol. The zero-order chi connectivity index (χ0) is 19.2. The van der Waals surface area contributed by atoms with Crippen molar-refractivity contribution in [1.82, 2.24) is 0 Å². The Labute approximate surface area is 153 Å². The molecule has 0 aliphatic rings. The van der Waals surface area contributed by atoms with Gasteiger partial charge in [0, 0.05) is 17.1 Å². The molecule has 0 saturated heterocycles. The summed E-state index contributed by atoms with van der Waals surface area (Å²) in [6.45, 7) is -0.468. The molecule has 1 heterocycles. The van der Waals surface area contributed by atoms with E-state index in [4.69, 9.17) is 9.15 Å². The number of ether oxygens (including phenoxy) is 1. The van der Waals surface area contributed by atoms with E-state index >= 15 is 0 Å². The lowest BCUT2D eigenvalue weighted by molar-refractivity contribution is -0.402. The van der Waals surface area contributed by atoms with Gasteiger partial charge in [-0.15, -0.1) is 0 Å². The minimum Gasteiger partial charge on any atom is -0.452 e. The van der Waals surface area contributed by atoms with Crippen molar-refractivity contribution in [3.05, 3.63) is 76.5 Å². The van der Waals surface area contributed by atoms with Gasteiger partial charge < -0.3 is 14.5 Å². The Morgan fingerprint density at radius 3 is 2.67 bits per heavy atom. The Kier molecular flexibility index (Phi) is 5.27. The summed E-state index contributed by atoms with van der Waals surface area (Å²) >= 11 is 0. The average molecular weight is 366 g/mol. The number of hydrogen-bond acceptors (Lipinski definition) is 6. The molecule has 0 unspecified atom stereocenters. The summed E-state index contributed by atoms with van der Waals surface area (Å²) in [4.78, 5) is 33.5. The lowest BCUT2D eigenvalue weighted by Crippen LogP contribution is -2.20. The SMILES string of the molecule is O=C(COC(=O)/C=C/c1ccc([N+](=O)[O-])o1)Nc1cccc2ccccc12. The van der Waals surface area contributed by atoms with Crippen molar-refractivity contribution in [3.63, 3.8) is 0 Å². The molecule has 1 N–H and O–H groups in total. The number of benzene rings is 2. The van der Waals surface area contributed by atoms with Crippen LogP contribution in [0.1, 0.15) is 5.76 Å². The molecule has 3 rings (SSSR count). The third kappa shape index (κ3) is 4.57. The van der Waals surface area contributed by atoms with E-state index in [9.17, 15) is 19.7 Å². The standard InChI is InChI=1S/C19H14N2O6/c22-17(20-16-7-3-5-13-4-1-2-6-15(13)16)12-26-19(23)11-9-14-8-10-18(27-14)21(24)25/h1-11H,12H2,(H,20,22)/b11-9+. The van der Waals surface area contributed by atoms with Gasteiger partial charge in [-0.25, -0.2) is 4.79 Å². The highest BCUT2D eigenvalue weighted by Crippen LogP contribution is 2.22. The summed E-state index contributed by atoms with van der Waals surface area (Å²) in [5, 5.41) is 15.1. The van der Waals surface area contributed by atoms with E-state index in [-0.39, 0.29) is 5.76 Å². The normalized spacial score (nSPS) is 10.8. The predicted octanol–water partition coefficient (Wildman–Crippen LogP) is 3.54. The third-order valence-electron chi connectivity index (χ3n) is 3.59. The van der Waals surface area contributed by atoms with Crippen molar-refractivity contribution in [2.75, 3.05) is 11.9 Å². The van der Waals surface area contributed by atoms with E-state index in [0.717, 1.165) is 16.8 Å². The molecule has 0 aliphatic heterocycles. The van der Waals surface area contributed by atoms with Crippen molar-refractivity contribution in [1.29, 1.82) is 0 Å². The number of carbonyl (C=O) groups excluding carboxylic acids is 2. The van der Waals surface area contributed by atoms with Crippen LogP contribution in [0.4, 0.5) is 11.6 Å². The van der Waals surface area contributed by atoms with Crippen LogP contribution < -0.4 is 5.32 Å². The number of fused-ring (bicyclic) bond motifs is 1. The smallest absolute Gasteiger partial charge is 0.433 e. The fraction of sp³-hybridized carbons (Fsp3) is 0.0526. The first-order valence-corrected chi connectivity index (χ1v) is 7.89. The van der Waals surface area contributed by atoms with Gasteiger partial charge in [0.2, 0.25) is 0 Å². The van der Waals surface area contributed by atoms with Gasteiger partial charge in [0.15, 0.2) is 6.61 Å². The van der Waals surface area contributed by atoms with Gasteiger partial charge in [0.1, 0.15) is 10.7 Å². The number of furan rings is 1. The molecule has 0 aliphatic carbocycles. The van der Waals surface area contributed by atoms with Crippen LogP contribution in [0.5, 0.6) is 0 Å². The third-order valence-corrected chi connectivity index (χ3v) is 3.59. The molecule has 8 nitrogen and oxygen atoms in total. The number of esters is 1. The number of amides is 1. The van der Waals surface area contributed by atoms with E-state index in [0.29, 0.717) is 5.69 Å². The van der Waals surface area contributed by atoms with Gasteiger partial charge in [0.05, 0.1) is 6.07 Å². The summed E-state index contributed by atoms with van der Waals surface area (Å²) in [5.74, 6) is -1.57. The Bertz CT molecular complexity index is 1030. The summed E-state index contributed by atoms with van der Waals surface area (Å²) in [6.07, 6.45) is 2.24. The van der Waals surface area contributed by atoms with E-state index in [2.05, 4.69) is 5.32 Å². The molecular weight excluding hydrogens is 352 g/mol. The van der Waals surface area contributed by atoms with E-state index < -0.39 is 29.3 Å². The maximum atomic E-state index is 12.0. The number of rotatable bonds is 6. The first-order chi connectivity index (χ1) is 13.0. The van der Waals surface area contributed by atoms with Gasteiger partial charge in [-0.1, -0.05) is 36.4 Å². The fourth-order valence-electron chi connectivity index (χ4n) is 2.39. The Morgan fingerprint density at radius 1 is 1.11 bits per heavy atom. The molecule has 0 radical (unpaired) electrons. The second kappa shape index (κ2) is 7.96. The molecule has 2 aromatic carbocycles. The number of nitro groups is 1. The van der Waals surface area contributed by atoms with Gasteiger partial charge in [0.25, 0.3) is 5.91 Å². The van der Waals surface area contributed by atoms with Gasteiger partial charge in [-0.05, 0) is 23.6 Å². The molecule has 1 aromatic heterocycles.